The van der Waals surface area contributed by atoms with Crippen LogP contribution in [0.3, 0.4) is 0 Å². The molecule has 0 bridgehead atoms. The summed E-state index contributed by atoms with van der Waals surface area (Å²) in [6.45, 7) is 0. The molecule has 0 saturated carbocycles. The van der Waals surface area contributed by atoms with Gasteiger partial charge in [0, 0.05) is 16.8 Å². The van der Waals surface area contributed by atoms with Gasteiger partial charge >= 0.3 is 5.97 Å². The van der Waals surface area contributed by atoms with Gasteiger partial charge in [0.2, 0.25) is 0 Å². The number of nitrogens with two attached hydrogens (primary N) is 1. The van der Waals surface area contributed by atoms with Crippen molar-refractivity contribution in [2.75, 3.05) is 12.4 Å². The molecule has 1 unspecified atom stereocenters. The number of carbonyl (C=O) groups is 2. The van der Waals surface area contributed by atoms with Crippen molar-refractivity contribution in [3.63, 3.8) is 0 Å². The van der Waals surface area contributed by atoms with E-state index in [0.717, 1.165) is 11.8 Å². The summed E-state index contributed by atoms with van der Waals surface area (Å²) in [5.41, 5.74) is 8.28. The molecule has 0 fully saturated rings. The molecule has 1 atom stereocenters. The summed E-state index contributed by atoms with van der Waals surface area (Å²) in [6.07, 6.45) is 0. The maximum absolute atomic E-state index is 12.4. The molecule has 24 heavy (non-hydrogen) atoms. The molecule has 2 aromatic rings. The summed E-state index contributed by atoms with van der Waals surface area (Å²) < 4.78 is 4.71. The van der Waals surface area contributed by atoms with E-state index in [0.29, 0.717) is 22.4 Å². The highest BCUT2D eigenvalue weighted by molar-refractivity contribution is 8.15. The Morgan fingerprint density at radius 2 is 1.92 bits per heavy atom. The average Bonchev–Trinajstić information content (AvgIpc) is 2.85. The minimum Gasteiger partial charge on any atom is -0.465 e. The van der Waals surface area contributed by atoms with Crippen molar-refractivity contribution < 1.29 is 14.3 Å². The lowest BCUT2D eigenvalue weighted by molar-refractivity contribution is -0.117. The number of benzene rings is 2. The quantitative estimate of drug-likeness (QED) is 0.344. The van der Waals surface area contributed by atoms with Gasteiger partial charge in [-0.2, -0.15) is 0 Å². The first-order chi connectivity index (χ1) is 11.5. The Hall–Kier alpha value is -2.64. The van der Waals surface area contributed by atoms with Crippen LogP contribution in [0.2, 0.25) is 0 Å². The fourth-order valence-electron chi connectivity index (χ4n) is 2.45. The molecule has 1 heterocycles. The molecule has 1 amide bonds. The number of hydrogen-bond acceptors (Lipinski definition) is 6. The van der Waals surface area contributed by atoms with Gasteiger partial charge < -0.3 is 15.8 Å². The van der Waals surface area contributed by atoms with Crippen LogP contribution >= 0.6 is 11.8 Å². The molecule has 0 aliphatic carbocycles. The summed E-state index contributed by atoms with van der Waals surface area (Å²) >= 11 is 0.938. The maximum Gasteiger partial charge on any atom is 0.337 e. The Balaban J connectivity index is 1.98. The van der Waals surface area contributed by atoms with Crippen LogP contribution < -0.4 is 11.1 Å². The monoisotopic (exact) mass is 341 g/mol. The van der Waals surface area contributed by atoms with Crippen LogP contribution in [0.15, 0.2) is 48.5 Å². The van der Waals surface area contributed by atoms with Gasteiger partial charge in [-0.25, -0.2) is 4.79 Å². The minimum atomic E-state index is -1.48. The van der Waals surface area contributed by atoms with Crippen molar-refractivity contribution in [2.45, 2.75) is 4.87 Å². The highest BCUT2D eigenvalue weighted by Crippen LogP contribution is 2.43. The third-order valence-corrected chi connectivity index (χ3v) is 4.89. The Kier molecular flexibility index (Phi) is 4.13. The predicted octanol–water partition coefficient (Wildman–Crippen LogP) is 2.30. The highest BCUT2D eigenvalue weighted by Gasteiger charge is 2.45. The van der Waals surface area contributed by atoms with Crippen LogP contribution in [0.5, 0.6) is 0 Å². The fourth-order valence-corrected chi connectivity index (χ4v) is 3.45. The molecule has 3 rings (SSSR count). The van der Waals surface area contributed by atoms with Crippen LogP contribution in [0.25, 0.3) is 0 Å². The van der Waals surface area contributed by atoms with Crippen LogP contribution in [-0.4, -0.2) is 24.0 Å². The Bertz CT molecular complexity index is 838. The molecule has 7 heteroatoms. The molecule has 122 valence electrons. The number of hydrogen-bond donors (Lipinski definition) is 3. The zero-order chi connectivity index (χ0) is 17.3. The molecular formula is C17H15N3O3S. The number of ether oxygens (including phenoxy) is 1. The normalized spacial score (nSPS) is 18.7. The molecular weight excluding hydrogens is 326 g/mol. The van der Waals surface area contributed by atoms with Crippen LogP contribution in [0.4, 0.5) is 5.69 Å². The summed E-state index contributed by atoms with van der Waals surface area (Å²) in [4.78, 5) is 22.7. The van der Waals surface area contributed by atoms with Crippen molar-refractivity contribution in [3.8, 4) is 0 Å². The topological polar surface area (TPSA) is 105 Å². The summed E-state index contributed by atoms with van der Waals surface area (Å²) in [6, 6.07) is 13.7. The highest BCUT2D eigenvalue weighted by atomic mass is 32.2. The molecule has 6 nitrogen and oxygen atoms in total. The zero-order valence-corrected chi connectivity index (χ0v) is 13.6. The molecule has 0 saturated heterocycles. The van der Waals surface area contributed by atoms with E-state index in [2.05, 4.69) is 5.32 Å². The number of fused-ring (bicyclic) bond motifs is 1. The number of methoxy groups -OCH3 is 1. The summed E-state index contributed by atoms with van der Waals surface area (Å²) in [5.74, 6) is -0.937. The standard InChI is InChI=1S/C17H15N3O3S/c1-23-15(21)11-7-8-13-12(9-11)17(19,16(22)20-13)24-14(18)10-5-3-2-4-6-10/h2-9,18H,19H2,1H3,(H,20,22). The SMILES string of the molecule is COC(=O)c1ccc2c(c1)C(N)(SC(=N)c1ccccc1)C(=O)N2. The van der Waals surface area contributed by atoms with E-state index in [1.165, 1.54) is 13.2 Å². The first kappa shape index (κ1) is 16.2. The second-order valence-electron chi connectivity index (χ2n) is 5.24. The maximum atomic E-state index is 12.4. The average molecular weight is 341 g/mol. The van der Waals surface area contributed by atoms with Crippen molar-refractivity contribution in [1.82, 2.24) is 0 Å². The van der Waals surface area contributed by atoms with Crippen LogP contribution in [0, 0.1) is 5.41 Å². The van der Waals surface area contributed by atoms with E-state index in [1.54, 1.807) is 24.3 Å². The minimum absolute atomic E-state index is 0.171. The first-order valence-electron chi connectivity index (χ1n) is 7.12. The van der Waals surface area contributed by atoms with Gasteiger partial charge in [-0.15, -0.1) is 0 Å². The third kappa shape index (κ3) is 2.68. The Morgan fingerprint density at radius 1 is 1.21 bits per heavy atom. The van der Waals surface area contributed by atoms with Gasteiger partial charge in [-0.1, -0.05) is 42.1 Å². The largest absolute Gasteiger partial charge is 0.465 e. The second kappa shape index (κ2) is 6.10. The van der Waals surface area contributed by atoms with E-state index >= 15 is 0 Å². The molecule has 0 spiro atoms. The Labute approximate surface area is 142 Å². The van der Waals surface area contributed by atoms with Gasteiger partial charge in [0.25, 0.3) is 5.91 Å². The van der Waals surface area contributed by atoms with Crippen molar-refractivity contribution in [3.05, 3.63) is 65.2 Å². The lowest BCUT2D eigenvalue weighted by Gasteiger charge is -2.22. The number of anilines is 1. The van der Waals surface area contributed by atoms with E-state index < -0.39 is 16.7 Å². The number of thioether (sulfide) groups is 1. The molecule has 4 N–H and O–H groups in total. The third-order valence-electron chi connectivity index (χ3n) is 3.73. The number of amides is 1. The molecule has 0 aromatic heterocycles. The summed E-state index contributed by atoms with van der Waals surface area (Å²) in [5, 5.41) is 11.1. The van der Waals surface area contributed by atoms with E-state index in [1.807, 2.05) is 18.2 Å². The second-order valence-corrected chi connectivity index (χ2v) is 6.50. The number of nitrogens with one attached hydrogen (secondary N) is 2. The van der Waals surface area contributed by atoms with Gasteiger partial charge in [-0.05, 0) is 18.2 Å². The van der Waals surface area contributed by atoms with Crippen molar-refractivity contribution >= 4 is 34.4 Å². The number of carbonyl (C=O) groups excluding carboxylic acids is 2. The van der Waals surface area contributed by atoms with Gasteiger partial charge in [0.05, 0.1) is 17.7 Å². The van der Waals surface area contributed by atoms with Gasteiger partial charge in [0.1, 0.15) is 0 Å². The van der Waals surface area contributed by atoms with E-state index in [9.17, 15) is 9.59 Å². The molecule has 0 radical (unpaired) electrons. The smallest absolute Gasteiger partial charge is 0.337 e. The van der Waals surface area contributed by atoms with Gasteiger partial charge in [-0.3, -0.25) is 10.2 Å². The van der Waals surface area contributed by atoms with Crippen molar-refractivity contribution in [2.24, 2.45) is 5.73 Å². The fraction of sp³-hybridized carbons (Fsp3) is 0.118. The molecule has 2 aromatic carbocycles. The predicted molar refractivity (Wildman–Crippen MR) is 93.1 cm³/mol. The van der Waals surface area contributed by atoms with Crippen LogP contribution in [0.1, 0.15) is 21.5 Å². The lowest BCUT2D eigenvalue weighted by Crippen LogP contribution is -2.41. The molecule has 1 aliphatic heterocycles. The zero-order valence-electron chi connectivity index (χ0n) is 12.8. The number of esters is 1. The summed E-state index contributed by atoms with van der Waals surface area (Å²) in [7, 11) is 1.29. The number of rotatable bonds is 3. The molecule has 1 aliphatic rings. The Morgan fingerprint density at radius 3 is 2.58 bits per heavy atom. The van der Waals surface area contributed by atoms with E-state index in [-0.39, 0.29) is 5.04 Å². The van der Waals surface area contributed by atoms with Crippen molar-refractivity contribution in [1.29, 1.82) is 5.41 Å². The lowest BCUT2D eigenvalue weighted by atomic mass is 10.0. The van der Waals surface area contributed by atoms with E-state index in [4.69, 9.17) is 15.9 Å². The van der Waals surface area contributed by atoms with Crippen LogP contribution in [-0.2, 0) is 14.4 Å². The van der Waals surface area contributed by atoms with Gasteiger partial charge in [0.15, 0.2) is 4.87 Å². The first-order valence-corrected chi connectivity index (χ1v) is 7.93.